The third-order valence-electron chi connectivity index (χ3n) is 4.05. The minimum absolute atomic E-state index is 0.144. The molecule has 0 aliphatic heterocycles. The normalized spacial score (nSPS) is 10.3. The van der Waals surface area contributed by atoms with Gasteiger partial charge in [0.25, 0.3) is 0 Å². The van der Waals surface area contributed by atoms with E-state index in [-0.39, 0.29) is 24.9 Å². The molecule has 29 heavy (non-hydrogen) atoms. The lowest BCUT2D eigenvalue weighted by molar-refractivity contribution is -0.116. The molecule has 0 aliphatic rings. The average Bonchev–Trinajstić information content (AvgIpc) is 3.17. The number of urea groups is 1. The summed E-state index contributed by atoms with van der Waals surface area (Å²) in [5.74, 6) is 0.509. The first-order valence-corrected chi connectivity index (χ1v) is 9.93. The average molecular weight is 410 g/mol. The minimum Gasteiger partial charge on any atom is -0.496 e. The van der Waals surface area contributed by atoms with E-state index in [4.69, 9.17) is 4.74 Å². The van der Waals surface area contributed by atoms with Gasteiger partial charge in [-0.05, 0) is 31.2 Å². The van der Waals surface area contributed by atoms with Crippen molar-refractivity contribution in [3.05, 3.63) is 59.5 Å². The van der Waals surface area contributed by atoms with Crippen molar-refractivity contribution in [2.75, 3.05) is 24.3 Å². The number of benzene rings is 2. The number of anilines is 2. The molecule has 0 fully saturated rings. The van der Waals surface area contributed by atoms with Gasteiger partial charge >= 0.3 is 6.03 Å². The predicted octanol–water partition coefficient (Wildman–Crippen LogP) is 4.28. The Labute approximate surface area is 173 Å². The molecule has 0 atom stereocenters. The fraction of sp³-hybridized carbons (Fsp3) is 0.190. The minimum atomic E-state index is -0.355. The Morgan fingerprint density at radius 3 is 2.66 bits per heavy atom. The SMILES string of the molecule is COc1ccc(C)cc1-c1csc(NC(=O)CCNC(=O)Nc2ccccc2)n1. The van der Waals surface area contributed by atoms with E-state index in [9.17, 15) is 9.59 Å². The van der Waals surface area contributed by atoms with Crippen LogP contribution in [0.2, 0.25) is 0 Å². The first kappa shape index (κ1) is 20.3. The Kier molecular flexibility index (Phi) is 6.80. The maximum absolute atomic E-state index is 12.1. The van der Waals surface area contributed by atoms with Crippen LogP contribution in [0.3, 0.4) is 0 Å². The number of hydrogen-bond acceptors (Lipinski definition) is 5. The van der Waals surface area contributed by atoms with Gasteiger partial charge in [-0.15, -0.1) is 11.3 Å². The van der Waals surface area contributed by atoms with Crippen LogP contribution >= 0.6 is 11.3 Å². The van der Waals surface area contributed by atoms with Gasteiger partial charge in [0.2, 0.25) is 5.91 Å². The molecular formula is C21H22N4O3S. The number of nitrogens with one attached hydrogen (secondary N) is 3. The van der Waals surface area contributed by atoms with E-state index in [1.807, 2.05) is 48.7 Å². The van der Waals surface area contributed by atoms with Gasteiger partial charge in [-0.25, -0.2) is 9.78 Å². The number of ether oxygens (including phenoxy) is 1. The quantitative estimate of drug-likeness (QED) is 0.542. The number of carbonyl (C=O) groups excluding carboxylic acids is 2. The zero-order valence-corrected chi connectivity index (χ0v) is 17.0. The van der Waals surface area contributed by atoms with Crippen molar-refractivity contribution in [2.24, 2.45) is 0 Å². The Hall–Kier alpha value is -3.39. The van der Waals surface area contributed by atoms with Crippen LogP contribution in [0.5, 0.6) is 5.75 Å². The second kappa shape index (κ2) is 9.70. The molecule has 0 saturated carbocycles. The van der Waals surface area contributed by atoms with Gasteiger partial charge in [-0.1, -0.05) is 29.8 Å². The lowest BCUT2D eigenvalue weighted by Crippen LogP contribution is -2.31. The number of thiazole rings is 1. The molecule has 0 aliphatic carbocycles. The maximum atomic E-state index is 12.1. The molecule has 3 N–H and O–H groups in total. The molecule has 0 bridgehead atoms. The molecular weight excluding hydrogens is 388 g/mol. The monoisotopic (exact) mass is 410 g/mol. The molecule has 3 rings (SSSR count). The van der Waals surface area contributed by atoms with Crippen LogP contribution in [0.15, 0.2) is 53.9 Å². The summed E-state index contributed by atoms with van der Waals surface area (Å²) < 4.78 is 5.39. The van der Waals surface area contributed by atoms with E-state index >= 15 is 0 Å². The van der Waals surface area contributed by atoms with Crippen LogP contribution in [0.1, 0.15) is 12.0 Å². The third kappa shape index (κ3) is 5.79. The molecule has 2 aromatic carbocycles. The highest BCUT2D eigenvalue weighted by Crippen LogP contribution is 2.32. The highest BCUT2D eigenvalue weighted by molar-refractivity contribution is 7.14. The van der Waals surface area contributed by atoms with Crippen molar-refractivity contribution in [1.29, 1.82) is 0 Å². The van der Waals surface area contributed by atoms with E-state index in [0.717, 1.165) is 22.6 Å². The van der Waals surface area contributed by atoms with E-state index in [1.54, 1.807) is 19.2 Å². The number of carbonyl (C=O) groups is 2. The molecule has 3 aromatic rings. The smallest absolute Gasteiger partial charge is 0.319 e. The maximum Gasteiger partial charge on any atom is 0.319 e. The van der Waals surface area contributed by atoms with Crippen molar-refractivity contribution in [3.8, 4) is 17.0 Å². The first-order chi connectivity index (χ1) is 14.0. The van der Waals surface area contributed by atoms with Crippen LogP contribution < -0.4 is 20.7 Å². The largest absolute Gasteiger partial charge is 0.496 e. The lowest BCUT2D eigenvalue weighted by atomic mass is 10.1. The summed E-state index contributed by atoms with van der Waals surface area (Å²) in [6.07, 6.45) is 0.144. The van der Waals surface area contributed by atoms with Crippen LogP contribution in [0, 0.1) is 6.92 Å². The summed E-state index contributed by atoms with van der Waals surface area (Å²) in [6.45, 7) is 2.22. The molecule has 150 valence electrons. The fourth-order valence-electron chi connectivity index (χ4n) is 2.64. The van der Waals surface area contributed by atoms with Gasteiger partial charge < -0.3 is 20.7 Å². The molecule has 7 nitrogen and oxygen atoms in total. The standard InChI is InChI=1S/C21H22N4O3S/c1-14-8-9-18(28-2)16(12-14)17-13-29-21(24-17)25-19(26)10-11-22-20(27)23-15-6-4-3-5-7-15/h3-9,12-13H,10-11H2,1-2H3,(H2,22,23,27)(H,24,25,26). The predicted molar refractivity (Wildman–Crippen MR) is 116 cm³/mol. The molecule has 0 spiro atoms. The number of aryl methyl sites for hydroxylation is 1. The summed E-state index contributed by atoms with van der Waals surface area (Å²) in [6, 6.07) is 14.6. The molecule has 0 unspecified atom stereocenters. The van der Waals surface area contributed by atoms with E-state index in [0.29, 0.717) is 10.8 Å². The van der Waals surface area contributed by atoms with Crippen LogP contribution in [-0.4, -0.2) is 30.6 Å². The third-order valence-corrected chi connectivity index (χ3v) is 4.81. The summed E-state index contributed by atoms with van der Waals surface area (Å²) in [4.78, 5) is 28.4. The highest BCUT2D eigenvalue weighted by atomic mass is 32.1. The van der Waals surface area contributed by atoms with Gasteiger partial charge in [0.15, 0.2) is 5.13 Å². The van der Waals surface area contributed by atoms with Gasteiger partial charge in [0, 0.05) is 29.6 Å². The number of para-hydroxylation sites is 1. The highest BCUT2D eigenvalue weighted by Gasteiger charge is 2.12. The number of rotatable bonds is 7. The number of nitrogens with zero attached hydrogens (tertiary/aromatic N) is 1. The number of hydrogen-bond donors (Lipinski definition) is 3. The second-order valence-corrected chi connectivity index (χ2v) is 7.14. The summed E-state index contributed by atoms with van der Waals surface area (Å²) in [7, 11) is 1.62. The Morgan fingerprint density at radius 1 is 1.10 bits per heavy atom. The van der Waals surface area contributed by atoms with Gasteiger partial charge in [0.05, 0.1) is 12.8 Å². The van der Waals surface area contributed by atoms with Crippen LogP contribution in [0.25, 0.3) is 11.3 Å². The van der Waals surface area contributed by atoms with Crippen LogP contribution in [0.4, 0.5) is 15.6 Å². The van der Waals surface area contributed by atoms with Gasteiger partial charge in [-0.3, -0.25) is 4.79 Å². The van der Waals surface area contributed by atoms with Crippen molar-refractivity contribution in [2.45, 2.75) is 13.3 Å². The van der Waals surface area contributed by atoms with E-state index < -0.39 is 0 Å². The lowest BCUT2D eigenvalue weighted by Gasteiger charge is -2.08. The molecule has 1 aromatic heterocycles. The van der Waals surface area contributed by atoms with E-state index in [1.165, 1.54) is 11.3 Å². The van der Waals surface area contributed by atoms with Gasteiger partial charge in [-0.2, -0.15) is 0 Å². The molecule has 1 heterocycles. The van der Waals surface area contributed by atoms with Crippen molar-refractivity contribution < 1.29 is 14.3 Å². The van der Waals surface area contributed by atoms with Crippen molar-refractivity contribution in [1.82, 2.24) is 10.3 Å². The summed E-state index contributed by atoms with van der Waals surface area (Å²) in [5, 5.41) is 10.5. The number of amides is 3. The summed E-state index contributed by atoms with van der Waals surface area (Å²) >= 11 is 1.34. The zero-order chi connectivity index (χ0) is 20.6. The fourth-order valence-corrected chi connectivity index (χ4v) is 3.37. The van der Waals surface area contributed by atoms with Crippen molar-refractivity contribution >= 4 is 34.1 Å². The first-order valence-electron chi connectivity index (χ1n) is 9.05. The second-order valence-electron chi connectivity index (χ2n) is 6.29. The molecule has 3 amide bonds. The summed E-state index contributed by atoms with van der Waals surface area (Å²) in [5.41, 5.74) is 3.41. The van der Waals surface area contributed by atoms with Crippen LogP contribution in [-0.2, 0) is 4.79 Å². The van der Waals surface area contributed by atoms with Gasteiger partial charge in [0.1, 0.15) is 5.75 Å². The molecule has 0 radical (unpaired) electrons. The topological polar surface area (TPSA) is 92.4 Å². The van der Waals surface area contributed by atoms with E-state index in [2.05, 4.69) is 20.9 Å². The Morgan fingerprint density at radius 2 is 1.90 bits per heavy atom. The molecule has 8 heteroatoms. The Bertz CT molecular complexity index is 989. The zero-order valence-electron chi connectivity index (χ0n) is 16.2. The van der Waals surface area contributed by atoms with Crippen molar-refractivity contribution in [3.63, 3.8) is 0 Å². The number of aromatic nitrogens is 1. The molecule has 0 saturated heterocycles. The number of methoxy groups -OCH3 is 1. The Balaban J connectivity index is 1.49.